The van der Waals surface area contributed by atoms with Crippen LogP contribution in [0.5, 0.6) is 5.75 Å². The number of hydrogen-bond acceptors (Lipinski definition) is 3. The fraction of sp³-hybridized carbons (Fsp3) is 0.286. The van der Waals surface area contributed by atoms with Gasteiger partial charge in [-0.15, -0.1) is 0 Å². The van der Waals surface area contributed by atoms with E-state index in [4.69, 9.17) is 16.3 Å². The number of benzene rings is 3. The maximum absolute atomic E-state index is 13.5. The molecule has 2 atom stereocenters. The Kier molecular flexibility index (Phi) is 9.67. The van der Waals surface area contributed by atoms with E-state index in [-0.39, 0.29) is 31.0 Å². The zero-order chi connectivity index (χ0) is 25.2. The van der Waals surface area contributed by atoms with E-state index in [1.807, 2.05) is 50.2 Å². The van der Waals surface area contributed by atoms with Gasteiger partial charge < -0.3 is 15.0 Å². The van der Waals surface area contributed by atoms with E-state index in [2.05, 4.69) is 5.32 Å². The Hall–Kier alpha value is -3.38. The van der Waals surface area contributed by atoms with Crippen LogP contribution in [0.2, 0.25) is 5.02 Å². The van der Waals surface area contributed by atoms with Crippen LogP contribution in [-0.2, 0) is 22.6 Å². The van der Waals surface area contributed by atoms with Crippen LogP contribution >= 0.6 is 11.6 Å². The molecule has 184 valence electrons. The standard InChI is InChI=1S/C28H30ClFN2O3/c1-3-20(2)31-28(34)26(17-21-8-5-4-6-9-21)32(18-22-10-7-11-23(29)16-22)27(33)19-35-25-14-12-24(30)13-15-25/h4-16,20,26H,3,17-19H2,1-2H3,(H,31,34)/t20-,26+/m1/s1. The molecule has 0 aromatic heterocycles. The second kappa shape index (κ2) is 12.9. The van der Waals surface area contributed by atoms with E-state index in [0.717, 1.165) is 17.5 Å². The minimum atomic E-state index is -0.769. The van der Waals surface area contributed by atoms with Crippen molar-refractivity contribution >= 4 is 23.4 Å². The Bertz CT molecular complexity index is 1110. The Labute approximate surface area is 210 Å². The molecule has 0 fully saturated rings. The maximum Gasteiger partial charge on any atom is 0.261 e. The minimum Gasteiger partial charge on any atom is -0.484 e. The number of rotatable bonds is 11. The molecule has 0 aliphatic heterocycles. The highest BCUT2D eigenvalue weighted by Gasteiger charge is 2.31. The summed E-state index contributed by atoms with van der Waals surface area (Å²) in [5.74, 6) is -0.628. The van der Waals surface area contributed by atoms with Gasteiger partial charge in [0.25, 0.3) is 5.91 Å². The third kappa shape index (κ3) is 8.11. The lowest BCUT2D eigenvalue weighted by Crippen LogP contribution is -2.53. The van der Waals surface area contributed by atoms with E-state index in [9.17, 15) is 14.0 Å². The van der Waals surface area contributed by atoms with Crippen molar-refractivity contribution in [3.8, 4) is 5.75 Å². The van der Waals surface area contributed by atoms with Crippen molar-refractivity contribution in [2.45, 2.75) is 45.3 Å². The van der Waals surface area contributed by atoms with E-state index >= 15 is 0 Å². The Morgan fingerprint density at radius 3 is 2.34 bits per heavy atom. The van der Waals surface area contributed by atoms with Gasteiger partial charge in [0.1, 0.15) is 17.6 Å². The summed E-state index contributed by atoms with van der Waals surface area (Å²) >= 11 is 6.18. The summed E-state index contributed by atoms with van der Waals surface area (Å²) in [4.78, 5) is 28.4. The zero-order valence-corrected chi connectivity index (χ0v) is 20.7. The van der Waals surface area contributed by atoms with Crippen LogP contribution in [0.4, 0.5) is 4.39 Å². The van der Waals surface area contributed by atoms with Gasteiger partial charge in [-0.25, -0.2) is 4.39 Å². The van der Waals surface area contributed by atoms with Gasteiger partial charge in [0, 0.05) is 24.0 Å². The Morgan fingerprint density at radius 2 is 1.69 bits per heavy atom. The van der Waals surface area contributed by atoms with Crippen molar-refractivity contribution in [1.82, 2.24) is 10.2 Å². The summed E-state index contributed by atoms with van der Waals surface area (Å²) in [5, 5.41) is 3.56. The Morgan fingerprint density at radius 1 is 1.00 bits per heavy atom. The number of amides is 2. The molecule has 0 unspecified atom stereocenters. The lowest BCUT2D eigenvalue weighted by atomic mass is 10.0. The highest BCUT2D eigenvalue weighted by Crippen LogP contribution is 2.19. The number of nitrogens with zero attached hydrogens (tertiary/aromatic N) is 1. The zero-order valence-electron chi connectivity index (χ0n) is 19.9. The SMILES string of the molecule is CC[C@@H](C)NC(=O)[C@H](Cc1ccccc1)N(Cc1cccc(Cl)c1)C(=O)COc1ccc(F)cc1. The topological polar surface area (TPSA) is 58.6 Å². The van der Waals surface area contributed by atoms with Crippen LogP contribution in [-0.4, -0.2) is 35.4 Å². The van der Waals surface area contributed by atoms with Crippen molar-refractivity contribution in [3.63, 3.8) is 0 Å². The number of halogens is 2. The lowest BCUT2D eigenvalue weighted by Gasteiger charge is -2.32. The third-order valence-electron chi connectivity index (χ3n) is 5.69. The highest BCUT2D eigenvalue weighted by atomic mass is 35.5. The maximum atomic E-state index is 13.5. The minimum absolute atomic E-state index is 0.0423. The summed E-state index contributed by atoms with van der Waals surface area (Å²) in [5.41, 5.74) is 1.72. The van der Waals surface area contributed by atoms with Gasteiger partial charge in [-0.3, -0.25) is 9.59 Å². The molecular weight excluding hydrogens is 467 g/mol. The van der Waals surface area contributed by atoms with Crippen LogP contribution in [0.25, 0.3) is 0 Å². The number of hydrogen-bond donors (Lipinski definition) is 1. The van der Waals surface area contributed by atoms with Crippen LogP contribution in [0, 0.1) is 5.82 Å². The number of nitrogens with one attached hydrogen (secondary N) is 1. The number of ether oxygens (including phenoxy) is 1. The lowest BCUT2D eigenvalue weighted by molar-refractivity contribution is -0.143. The average Bonchev–Trinajstić information content (AvgIpc) is 2.86. The van der Waals surface area contributed by atoms with Crippen molar-refractivity contribution in [2.24, 2.45) is 0 Å². The first-order valence-corrected chi connectivity index (χ1v) is 12.0. The fourth-order valence-electron chi connectivity index (χ4n) is 3.59. The molecular formula is C28H30ClFN2O3. The summed E-state index contributed by atoms with van der Waals surface area (Å²) in [6.45, 7) is 3.80. The molecule has 5 nitrogen and oxygen atoms in total. The van der Waals surface area contributed by atoms with E-state index in [1.54, 1.807) is 18.2 Å². The molecule has 0 aliphatic carbocycles. The summed E-state index contributed by atoms with van der Waals surface area (Å²) < 4.78 is 18.9. The number of carbonyl (C=O) groups is 2. The first kappa shape index (κ1) is 26.2. The van der Waals surface area contributed by atoms with Crippen molar-refractivity contribution < 1.29 is 18.7 Å². The van der Waals surface area contributed by atoms with Crippen LogP contribution in [0.15, 0.2) is 78.9 Å². The molecule has 7 heteroatoms. The monoisotopic (exact) mass is 496 g/mol. The largest absolute Gasteiger partial charge is 0.484 e. The first-order valence-electron chi connectivity index (χ1n) is 11.6. The smallest absolute Gasteiger partial charge is 0.261 e. The summed E-state index contributed by atoms with van der Waals surface area (Å²) in [7, 11) is 0. The molecule has 0 saturated heterocycles. The van der Waals surface area contributed by atoms with E-state index in [1.165, 1.54) is 29.2 Å². The van der Waals surface area contributed by atoms with E-state index in [0.29, 0.717) is 17.2 Å². The quantitative estimate of drug-likeness (QED) is 0.386. The van der Waals surface area contributed by atoms with Crippen molar-refractivity contribution in [2.75, 3.05) is 6.61 Å². The molecule has 0 heterocycles. The molecule has 1 N–H and O–H groups in total. The average molecular weight is 497 g/mol. The van der Waals surface area contributed by atoms with Gasteiger partial charge in [0.05, 0.1) is 0 Å². The van der Waals surface area contributed by atoms with Gasteiger partial charge >= 0.3 is 0 Å². The van der Waals surface area contributed by atoms with E-state index < -0.39 is 11.9 Å². The predicted molar refractivity (Wildman–Crippen MR) is 136 cm³/mol. The molecule has 2 amide bonds. The molecule has 0 bridgehead atoms. The normalized spacial score (nSPS) is 12.5. The molecule has 0 saturated carbocycles. The van der Waals surface area contributed by atoms with Gasteiger partial charge in [0.15, 0.2) is 6.61 Å². The molecule has 0 aliphatic rings. The second-order valence-electron chi connectivity index (χ2n) is 8.42. The number of carbonyl (C=O) groups excluding carboxylic acids is 2. The predicted octanol–water partition coefficient (Wildman–Crippen LogP) is 5.41. The summed E-state index contributed by atoms with van der Waals surface area (Å²) in [6, 6.07) is 21.4. The molecule has 3 aromatic carbocycles. The molecule has 0 radical (unpaired) electrons. The third-order valence-corrected chi connectivity index (χ3v) is 5.93. The molecule has 3 rings (SSSR count). The fourth-order valence-corrected chi connectivity index (χ4v) is 3.80. The van der Waals surface area contributed by atoms with Crippen LogP contribution in [0.3, 0.4) is 0 Å². The van der Waals surface area contributed by atoms with Crippen LogP contribution in [0.1, 0.15) is 31.4 Å². The Balaban J connectivity index is 1.90. The van der Waals surface area contributed by atoms with Crippen molar-refractivity contribution in [3.05, 3.63) is 101 Å². The van der Waals surface area contributed by atoms with Gasteiger partial charge in [-0.2, -0.15) is 0 Å². The highest BCUT2D eigenvalue weighted by molar-refractivity contribution is 6.30. The molecule has 35 heavy (non-hydrogen) atoms. The van der Waals surface area contributed by atoms with Crippen LogP contribution < -0.4 is 10.1 Å². The molecule has 3 aromatic rings. The van der Waals surface area contributed by atoms with Gasteiger partial charge in [0.2, 0.25) is 5.91 Å². The van der Waals surface area contributed by atoms with Gasteiger partial charge in [-0.1, -0.05) is 61.0 Å². The second-order valence-corrected chi connectivity index (χ2v) is 8.85. The van der Waals surface area contributed by atoms with Crippen molar-refractivity contribution in [1.29, 1.82) is 0 Å². The first-order chi connectivity index (χ1) is 16.9. The van der Waals surface area contributed by atoms with Gasteiger partial charge in [-0.05, 0) is 60.9 Å². The summed E-state index contributed by atoms with van der Waals surface area (Å²) in [6.07, 6.45) is 1.10. The molecule has 0 spiro atoms.